The number of nitrogens with one attached hydrogen (secondary N) is 2. The lowest BCUT2D eigenvalue weighted by Crippen LogP contribution is -2.41. The minimum atomic E-state index is 0.421. The van der Waals surface area contributed by atoms with Crippen LogP contribution in [0.15, 0.2) is 46.4 Å². The van der Waals surface area contributed by atoms with Crippen LogP contribution in [0.4, 0.5) is 0 Å². The molecule has 3 rings (SSSR count). The van der Waals surface area contributed by atoms with E-state index in [0.29, 0.717) is 11.5 Å². The van der Waals surface area contributed by atoms with E-state index in [9.17, 15) is 0 Å². The van der Waals surface area contributed by atoms with Crippen LogP contribution >= 0.6 is 0 Å². The van der Waals surface area contributed by atoms with Crippen LogP contribution in [0.2, 0.25) is 0 Å². The molecule has 2 bridgehead atoms. The Morgan fingerprint density at radius 1 is 1.29 bits per heavy atom. The molecule has 5 heteroatoms. The minimum absolute atomic E-state index is 0.421. The van der Waals surface area contributed by atoms with Crippen LogP contribution < -0.4 is 10.6 Å². The molecule has 3 aliphatic rings. The first-order chi connectivity index (χ1) is 11.4. The molecular weight excluding hydrogens is 298 g/mol. The number of allylic oxidation sites excluding steroid dienone is 2. The van der Waals surface area contributed by atoms with E-state index in [2.05, 4.69) is 27.1 Å². The van der Waals surface area contributed by atoms with Gasteiger partial charge >= 0.3 is 0 Å². The normalized spacial score (nSPS) is 26.5. The van der Waals surface area contributed by atoms with Gasteiger partial charge in [0.25, 0.3) is 0 Å². The van der Waals surface area contributed by atoms with Gasteiger partial charge in [0.05, 0.1) is 0 Å². The molecule has 0 unspecified atom stereocenters. The summed E-state index contributed by atoms with van der Waals surface area (Å²) in [4.78, 5) is 11.6. The average molecular weight is 329 g/mol. The fourth-order valence-corrected chi connectivity index (χ4v) is 3.66. The molecule has 0 spiro atoms. The second-order valence-corrected chi connectivity index (χ2v) is 6.99. The van der Waals surface area contributed by atoms with Crippen molar-refractivity contribution in [2.75, 3.05) is 20.1 Å². The molecule has 2 N–H and O–H groups in total. The maximum Gasteiger partial charge on any atom is 0.133 e. The molecule has 0 aromatic heterocycles. The molecule has 2 heterocycles. The van der Waals surface area contributed by atoms with Crippen LogP contribution in [0.3, 0.4) is 0 Å². The van der Waals surface area contributed by atoms with E-state index in [0.717, 1.165) is 36.3 Å². The molecular formula is C19H31N5. The van der Waals surface area contributed by atoms with Gasteiger partial charge in [-0.25, -0.2) is 9.98 Å². The van der Waals surface area contributed by atoms with Crippen LogP contribution in [0.25, 0.3) is 0 Å². The van der Waals surface area contributed by atoms with Crippen molar-refractivity contribution in [1.82, 2.24) is 15.5 Å². The lowest BCUT2D eigenvalue weighted by atomic mass is 9.70. The van der Waals surface area contributed by atoms with Gasteiger partial charge in [0.15, 0.2) is 0 Å². The summed E-state index contributed by atoms with van der Waals surface area (Å²) in [6.45, 7) is 14.2. The first kappa shape index (κ1) is 18.5. The maximum atomic E-state index is 4.73. The maximum absolute atomic E-state index is 4.73. The van der Waals surface area contributed by atoms with Gasteiger partial charge in [-0.15, -0.1) is 0 Å². The Morgan fingerprint density at radius 2 is 2.00 bits per heavy atom. The highest BCUT2D eigenvalue weighted by atomic mass is 15.3. The summed E-state index contributed by atoms with van der Waals surface area (Å²) in [7, 11) is 2.03. The fourth-order valence-electron chi connectivity index (χ4n) is 3.66. The Kier molecular flexibility index (Phi) is 5.99. The monoisotopic (exact) mass is 329 g/mol. The second-order valence-electron chi connectivity index (χ2n) is 6.99. The number of nitrogens with zero attached hydrogens (tertiary/aromatic N) is 3. The summed E-state index contributed by atoms with van der Waals surface area (Å²) in [5, 5.41) is 6.61. The predicted octanol–water partition coefficient (Wildman–Crippen LogP) is 3.05. The van der Waals surface area contributed by atoms with Gasteiger partial charge in [-0.2, -0.15) is 0 Å². The number of amidine groups is 1. The Labute approximate surface area is 146 Å². The van der Waals surface area contributed by atoms with Crippen molar-refractivity contribution < 1.29 is 0 Å². The van der Waals surface area contributed by atoms with Crippen LogP contribution in [0.1, 0.15) is 40.5 Å². The molecule has 1 saturated carbocycles. The van der Waals surface area contributed by atoms with E-state index in [-0.39, 0.29) is 0 Å². The Hall–Kier alpha value is -1.88. The average Bonchev–Trinajstić information content (AvgIpc) is 3.02. The molecule has 0 aromatic rings. The van der Waals surface area contributed by atoms with Crippen LogP contribution in [0.5, 0.6) is 0 Å². The van der Waals surface area contributed by atoms with Gasteiger partial charge in [0.2, 0.25) is 0 Å². The number of rotatable bonds is 7. The van der Waals surface area contributed by atoms with E-state index in [4.69, 9.17) is 4.99 Å². The first-order valence-corrected chi connectivity index (χ1v) is 8.70. The Morgan fingerprint density at radius 3 is 2.54 bits per heavy atom. The smallest absolute Gasteiger partial charge is 0.133 e. The van der Waals surface area contributed by atoms with Gasteiger partial charge in [0.1, 0.15) is 17.5 Å². The molecule has 5 nitrogen and oxygen atoms in total. The number of aliphatic imine (C=N–C) groups is 2. The lowest BCUT2D eigenvalue weighted by molar-refractivity contribution is 0.183. The van der Waals surface area contributed by atoms with Gasteiger partial charge in [0, 0.05) is 30.3 Å². The summed E-state index contributed by atoms with van der Waals surface area (Å²) < 4.78 is 0. The van der Waals surface area contributed by atoms with Crippen molar-refractivity contribution in [2.24, 2.45) is 15.4 Å². The molecule has 3 fully saturated rings. The standard InChI is InChI=1S/C19H31N5/c1-7-9-18(23-17(8-2)21-14(3)4)22-15(5)24-13-19(12-20-6)10-16(24)11-19/h7-9,16,20H,5,10-13H2,1-4,6H3,(H,22,23)/b9-7-,17-8+. The summed E-state index contributed by atoms with van der Waals surface area (Å²) in [6, 6.07) is 0.596. The van der Waals surface area contributed by atoms with Crippen LogP contribution in [0, 0.1) is 5.41 Å². The largest absolute Gasteiger partial charge is 0.353 e. The lowest BCUT2D eigenvalue weighted by Gasteiger charge is -2.36. The van der Waals surface area contributed by atoms with Crippen molar-refractivity contribution in [3.8, 4) is 0 Å². The zero-order valence-corrected chi connectivity index (χ0v) is 15.7. The number of hydrogen-bond donors (Lipinski definition) is 2. The molecule has 2 aliphatic heterocycles. The topological polar surface area (TPSA) is 52.0 Å². The van der Waals surface area contributed by atoms with Crippen molar-refractivity contribution in [2.45, 2.75) is 46.6 Å². The van der Waals surface area contributed by atoms with E-state index >= 15 is 0 Å². The highest BCUT2D eigenvalue weighted by Gasteiger charge is 2.54. The Bertz CT molecular complexity index is 587. The second kappa shape index (κ2) is 7.79. The van der Waals surface area contributed by atoms with Gasteiger partial charge in [-0.3, -0.25) is 0 Å². The molecule has 0 amide bonds. The van der Waals surface area contributed by atoms with E-state index in [1.165, 1.54) is 12.8 Å². The van der Waals surface area contributed by atoms with Gasteiger partial charge < -0.3 is 15.5 Å². The molecule has 0 atom stereocenters. The van der Waals surface area contributed by atoms with Crippen molar-refractivity contribution in [3.63, 3.8) is 0 Å². The third kappa shape index (κ3) is 4.15. The summed E-state index contributed by atoms with van der Waals surface area (Å²) in [6.07, 6.45) is 8.37. The summed E-state index contributed by atoms with van der Waals surface area (Å²) in [5.74, 6) is 2.41. The fraction of sp³-hybridized carbons (Fsp3) is 0.579. The third-order valence-corrected chi connectivity index (χ3v) is 4.61. The predicted molar refractivity (Wildman–Crippen MR) is 103 cm³/mol. The Balaban J connectivity index is 2.08. The molecule has 0 aromatic carbocycles. The SMILES string of the molecule is C=C(/N=C(\C=C/C)N/C(=C/C)N=C(C)C)N1CC2(CNC)CC1C2. The summed E-state index contributed by atoms with van der Waals surface area (Å²) in [5.41, 5.74) is 1.42. The molecule has 0 radical (unpaired) electrons. The zero-order chi connectivity index (χ0) is 17.7. The van der Waals surface area contributed by atoms with E-state index in [1.54, 1.807) is 0 Å². The molecule has 2 saturated heterocycles. The van der Waals surface area contributed by atoms with Gasteiger partial charge in [-0.1, -0.05) is 12.7 Å². The molecule has 24 heavy (non-hydrogen) atoms. The minimum Gasteiger partial charge on any atom is -0.353 e. The van der Waals surface area contributed by atoms with Crippen LogP contribution in [-0.2, 0) is 0 Å². The van der Waals surface area contributed by atoms with Crippen molar-refractivity contribution in [3.05, 3.63) is 36.4 Å². The molecule has 132 valence electrons. The first-order valence-electron chi connectivity index (χ1n) is 8.70. The molecule has 1 aliphatic carbocycles. The van der Waals surface area contributed by atoms with Crippen LogP contribution in [-0.4, -0.2) is 42.6 Å². The third-order valence-electron chi connectivity index (χ3n) is 4.61. The highest BCUT2D eigenvalue weighted by molar-refractivity contribution is 5.95. The zero-order valence-electron chi connectivity index (χ0n) is 15.7. The van der Waals surface area contributed by atoms with E-state index < -0.39 is 0 Å². The van der Waals surface area contributed by atoms with E-state index in [1.807, 2.05) is 53.0 Å². The number of fused-ring (bicyclic) bond motifs is 1. The van der Waals surface area contributed by atoms with Crippen molar-refractivity contribution >= 4 is 11.5 Å². The highest BCUT2D eigenvalue weighted by Crippen LogP contribution is 2.52. The quantitative estimate of drug-likeness (QED) is 0.557. The summed E-state index contributed by atoms with van der Waals surface area (Å²) >= 11 is 0. The van der Waals surface area contributed by atoms with Gasteiger partial charge in [-0.05, 0) is 59.7 Å². The number of hydrogen-bond acceptors (Lipinski definition) is 4. The van der Waals surface area contributed by atoms with Crippen molar-refractivity contribution in [1.29, 1.82) is 0 Å².